The normalized spacial score (nSPS) is 27.9. The van der Waals surface area contributed by atoms with Crippen LogP contribution in [0.15, 0.2) is 18.2 Å². The van der Waals surface area contributed by atoms with Crippen molar-refractivity contribution in [3.05, 3.63) is 34.9 Å². The summed E-state index contributed by atoms with van der Waals surface area (Å²) in [5, 5.41) is 0. The molecule has 3 heteroatoms. The van der Waals surface area contributed by atoms with Crippen molar-refractivity contribution in [2.24, 2.45) is 0 Å². The fourth-order valence-corrected chi connectivity index (χ4v) is 3.23. The van der Waals surface area contributed by atoms with Crippen molar-refractivity contribution in [1.29, 1.82) is 0 Å². The highest BCUT2D eigenvalue weighted by atomic mass is 19.4. The van der Waals surface area contributed by atoms with Crippen LogP contribution in [0.1, 0.15) is 54.2 Å². The highest BCUT2D eigenvalue weighted by Crippen LogP contribution is 2.51. The molecule has 0 amide bonds. The Morgan fingerprint density at radius 3 is 2.38 bits per heavy atom. The summed E-state index contributed by atoms with van der Waals surface area (Å²) in [5.74, 6) is 0.909. The van der Waals surface area contributed by atoms with Crippen LogP contribution in [-0.2, 0) is 6.18 Å². The van der Waals surface area contributed by atoms with Gasteiger partial charge in [0.2, 0.25) is 0 Å². The van der Waals surface area contributed by atoms with Gasteiger partial charge in [-0.3, -0.25) is 0 Å². The summed E-state index contributed by atoms with van der Waals surface area (Å²) >= 11 is 0. The molecule has 1 aromatic rings. The van der Waals surface area contributed by atoms with E-state index in [1.807, 2.05) is 0 Å². The van der Waals surface area contributed by atoms with Crippen molar-refractivity contribution in [2.75, 3.05) is 0 Å². The lowest BCUT2D eigenvalue weighted by atomic mass is 9.87. The molecule has 1 fully saturated rings. The SMILES string of the molecule is FC(F)(F)c1ccc2c(c1)C1CCCC2C1. The van der Waals surface area contributed by atoms with Crippen LogP contribution in [0.3, 0.4) is 0 Å². The molecular weight excluding hydrogens is 213 g/mol. The molecule has 2 bridgehead atoms. The molecule has 1 saturated carbocycles. The summed E-state index contributed by atoms with van der Waals surface area (Å²) in [6, 6.07) is 4.32. The van der Waals surface area contributed by atoms with E-state index in [0.29, 0.717) is 11.8 Å². The molecule has 2 aliphatic carbocycles. The molecule has 1 aromatic carbocycles. The van der Waals surface area contributed by atoms with Crippen LogP contribution in [0.2, 0.25) is 0 Å². The van der Waals surface area contributed by atoms with E-state index < -0.39 is 11.7 Å². The van der Waals surface area contributed by atoms with Crippen LogP contribution >= 0.6 is 0 Å². The highest BCUT2D eigenvalue weighted by Gasteiger charge is 2.37. The molecule has 2 atom stereocenters. The van der Waals surface area contributed by atoms with Gasteiger partial charge < -0.3 is 0 Å². The minimum absolute atomic E-state index is 0.385. The van der Waals surface area contributed by atoms with E-state index >= 15 is 0 Å². The first kappa shape index (κ1) is 10.2. The van der Waals surface area contributed by atoms with Crippen LogP contribution in [0.4, 0.5) is 13.2 Å². The number of benzene rings is 1. The Morgan fingerprint density at radius 2 is 1.69 bits per heavy atom. The van der Waals surface area contributed by atoms with E-state index in [1.54, 1.807) is 6.07 Å². The molecule has 0 saturated heterocycles. The number of hydrogen-bond acceptors (Lipinski definition) is 0. The van der Waals surface area contributed by atoms with Gasteiger partial charge >= 0.3 is 6.18 Å². The topological polar surface area (TPSA) is 0 Å². The second-order valence-corrected chi connectivity index (χ2v) is 4.90. The first-order valence-corrected chi connectivity index (χ1v) is 5.77. The predicted octanol–water partition coefficient (Wildman–Crippen LogP) is 4.46. The third-order valence-electron chi connectivity index (χ3n) is 3.97. The Bertz CT molecular complexity index is 420. The van der Waals surface area contributed by atoms with E-state index in [2.05, 4.69) is 0 Å². The van der Waals surface area contributed by atoms with Gasteiger partial charge in [-0.05, 0) is 54.4 Å². The van der Waals surface area contributed by atoms with E-state index in [4.69, 9.17) is 0 Å². The van der Waals surface area contributed by atoms with Crippen LogP contribution < -0.4 is 0 Å². The van der Waals surface area contributed by atoms with E-state index in [-0.39, 0.29) is 0 Å². The van der Waals surface area contributed by atoms with Crippen LogP contribution in [0, 0.1) is 0 Å². The first-order valence-electron chi connectivity index (χ1n) is 5.77. The van der Waals surface area contributed by atoms with Gasteiger partial charge in [-0.1, -0.05) is 12.5 Å². The monoisotopic (exact) mass is 226 g/mol. The third-order valence-corrected chi connectivity index (χ3v) is 3.97. The molecule has 0 radical (unpaired) electrons. The molecule has 3 rings (SSSR count). The van der Waals surface area contributed by atoms with Gasteiger partial charge in [-0.25, -0.2) is 0 Å². The Morgan fingerprint density at radius 1 is 1.00 bits per heavy atom. The van der Waals surface area contributed by atoms with Crippen molar-refractivity contribution in [3.8, 4) is 0 Å². The Hall–Kier alpha value is -0.990. The molecule has 0 aromatic heterocycles. The summed E-state index contributed by atoms with van der Waals surface area (Å²) in [5.41, 5.74) is 1.66. The second kappa shape index (κ2) is 3.25. The van der Waals surface area contributed by atoms with Gasteiger partial charge in [0.05, 0.1) is 5.56 Å². The molecule has 0 heterocycles. The summed E-state index contributed by atoms with van der Waals surface area (Å²) in [6.07, 6.45) is 0.230. The number of rotatable bonds is 0. The predicted molar refractivity (Wildman–Crippen MR) is 55.4 cm³/mol. The van der Waals surface area contributed by atoms with Crippen LogP contribution in [-0.4, -0.2) is 0 Å². The Labute approximate surface area is 92.5 Å². The Balaban J connectivity index is 2.07. The lowest BCUT2D eigenvalue weighted by molar-refractivity contribution is -0.137. The standard InChI is InChI=1S/C13H13F3/c14-13(15,16)10-4-5-11-8-2-1-3-9(6-8)12(11)7-10/h4-5,7-9H,1-3,6H2. The lowest BCUT2D eigenvalue weighted by Gasteiger charge is -2.18. The second-order valence-electron chi connectivity index (χ2n) is 4.90. The molecular formula is C13H13F3. The quantitative estimate of drug-likeness (QED) is 0.612. The Kier molecular flexibility index (Phi) is 2.07. The zero-order valence-corrected chi connectivity index (χ0v) is 8.85. The van der Waals surface area contributed by atoms with Gasteiger partial charge in [-0.2, -0.15) is 13.2 Å². The van der Waals surface area contributed by atoms with Crippen LogP contribution in [0.5, 0.6) is 0 Å². The minimum Gasteiger partial charge on any atom is -0.166 e. The average molecular weight is 226 g/mol. The summed E-state index contributed by atoms with van der Waals surface area (Å²) in [7, 11) is 0. The number of alkyl halides is 3. The van der Waals surface area contributed by atoms with Crippen molar-refractivity contribution < 1.29 is 13.2 Å². The molecule has 0 nitrogen and oxygen atoms in total. The summed E-state index contributed by atoms with van der Waals surface area (Å²) < 4.78 is 37.8. The fourth-order valence-electron chi connectivity index (χ4n) is 3.23. The maximum absolute atomic E-state index is 12.6. The van der Waals surface area contributed by atoms with Crippen LogP contribution in [0.25, 0.3) is 0 Å². The van der Waals surface area contributed by atoms with Gasteiger partial charge in [0.1, 0.15) is 0 Å². The molecule has 2 aliphatic rings. The van der Waals surface area contributed by atoms with Gasteiger partial charge in [-0.15, -0.1) is 0 Å². The zero-order chi connectivity index (χ0) is 11.3. The lowest BCUT2D eigenvalue weighted by Crippen LogP contribution is -2.06. The van der Waals surface area contributed by atoms with Crippen molar-refractivity contribution in [1.82, 2.24) is 0 Å². The van der Waals surface area contributed by atoms with Crippen molar-refractivity contribution >= 4 is 0 Å². The van der Waals surface area contributed by atoms with E-state index in [1.165, 1.54) is 17.7 Å². The van der Waals surface area contributed by atoms with E-state index in [0.717, 1.165) is 31.2 Å². The zero-order valence-electron chi connectivity index (χ0n) is 8.85. The molecule has 0 aliphatic heterocycles. The minimum atomic E-state index is -4.20. The summed E-state index contributed by atoms with van der Waals surface area (Å²) in [4.78, 5) is 0. The number of hydrogen-bond donors (Lipinski definition) is 0. The fraction of sp³-hybridized carbons (Fsp3) is 0.538. The maximum Gasteiger partial charge on any atom is 0.416 e. The molecule has 0 N–H and O–H groups in total. The molecule has 0 spiro atoms. The molecule has 16 heavy (non-hydrogen) atoms. The van der Waals surface area contributed by atoms with Gasteiger partial charge in [0, 0.05) is 0 Å². The van der Waals surface area contributed by atoms with E-state index in [9.17, 15) is 13.2 Å². The van der Waals surface area contributed by atoms with Gasteiger partial charge in [0.15, 0.2) is 0 Å². The molecule has 86 valence electrons. The first-order chi connectivity index (χ1) is 7.55. The van der Waals surface area contributed by atoms with Gasteiger partial charge in [0.25, 0.3) is 0 Å². The third kappa shape index (κ3) is 1.45. The smallest absolute Gasteiger partial charge is 0.166 e. The molecule has 2 unspecified atom stereocenters. The summed E-state index contributed by atoms with van der Waals surface area (Å²) in [6.45, 7) is 0. The van der Waals surface area contributed by atoms with Crippen molar-refractivity contribution in [3.63, 3.8) is 0 Å². The highest BCUT2D eigenvalue weighted by molar-refractivity contribution is 5.43. The number of fused-ring (bicyclic) bond motifs is 5. The maximum atomic E-state index is 12.6. The largest absolute Gasteiger partial charge is 0.416 e. The average Bonchev–Trinajstić information content (AvgIpc) is 2.50. The number of halogens is 3. The van der Waals surface area contributed by atoms with Crippen molar-refractivity contribution in [2.45, 2.75) is 43.7 Å².